The van der Waals surface area contributed by atoms with Gasteiger partial charge in [0.15, 0.2) is 0 Å². The highest BCUT2D eigenvalue weighted by atomic mass is 16.4. The fourth-order valence-electron chi connectivity index (χ4n) is 2.23. The van der Waals surface area contributed by atoms with Crippen LogP contribution >= 0.6 is 0 Å². The Morgan fingerprint density at radius 1 is 1.42 bits per heavy atom. The van der Waals surface area contributed by atoms with Crippen molar-refractivity contribution in [3.05, 3.63) is 12.2 Å². The predicted molar refractivity (Wildman–Crippen MR) is 45.8 cm³/mol. The van der Waals surface area contributed by atoms with Gasteiger partial charge < -0.3 is 5.11 Å². The summed E-state index contributed by atoms with van der Waals surface area (Å²) in [6, 6.07) is 0. The molecule has 0 heterocycles. The molecule has 2 nitrogen and oxygen atoms in total. The molecule has 2 aliphatic carbocycles. The van der Waals surface area contributed by atoms with E-state index in [-0.39, 0.29) is 5.41 Å². The molecule has 1 atom stereocenters. The molecule has 0 aromatic heterocycles. The molecule has 1 fully saturated rings. The molecule has 1 saturated carbocycles. The second kappa shape index (κ2) is 2.61. The standard InChI is InChI=1S/C10H14O2/c11-9(12)10(8-4-5-8)6-2-1-3-7-10/h1-2,8H,3-7H2,(H,11,12). The van der Waals surface area contributed by atoms with Crippen LogP contribution in [0.2, 0.25) is 0 Å². The molecule has 2 heteroatoms. The van der Waals surface area contributed by atoms with Gasteiger partial charge in [0.05, 0.1) is 5.41 Å². The summed E-state index contributed by atoms with van der Waals surface area (Å²) in [5.74, 6) is -0.103. The van der Waals surface area contributed by atoms with Gasteiger partial charge in [-0.15, -0.1) is 0 Å². The zero-order chi connectivity index (χ0) is 8.60. The SMILES string of the molecule is O=C(O)C1(C2CC2)CC=CCC1. The van der Waals surface area contributed by atoms with E-state index in [0.29, 0.717) is 5.92 Å². The van der Waals surface area contributed by atoms with Crippen LogP contribution in [0, 0.1) is 11.3 Å². The molecule has 2 aliphatic rings. The van der Waals surface area contributed by atoms with E-state index >= 15 is 0 Å². The molecule has 0 aliphatic heterocycles. The maximum absolute atomic E-state index is 11.1. The van der Waals surface area contributed by atoms with Crippen LogP contribution in [0.15, 0.2) is 12.2 Å². The Hall–Kier alpha value is -0.790. The highest BCUT2D eigenvalue weighted by molar-refractivity contribution is 5.76. The Bertz CT molecular complexity index is 228. The second-order valence-corrected chi connectivity index (χ2v) is 3.95. The number of hydrogen-bond acceptors (Lipinski definition) is 1. The van der Waals surface area contributed by atoms with Crippen molar-refractivity contribution in [3.63, 3.8) is 0 Å². The molecule has 0 saturated heterocycles. The number of aliphatic carboxylic acids is 1. The second-order valence-electron chi connectivity index (χ2n) is 3.95. The van der Waals surface area contributed by atoms with Crippen molar-refractivity contribution >= 4 is 5.97 Å². The molecule has 2 rings (SSSR count). The Kier molecular flexibility index (Phi) is 1.71. The van der Waals surface area contributed by atoms with Crippen molar-refractivity contribution in [2.75, 3.05) is 0 Å². The van der Waals surface area contributed by atoms with Gasteiger partial charge in [-0.05, 0) is 38.0 Å². The van der Waals surface area contributed by atoms with E-state index in [4.69, 9.17) is 5.11 Å². The molecule has 0 aromatic rings. The lowest BCUT2D eigenvalue weighted by Gasteiger charge is -2.30. The van der Waals surface area contributed by atoms with Gasteiger partial charge in [0.1, 0.15) is 0 Å². The van der Waals surface area contributed by atoms with Crippen molar-refractivity contribution in [2.45, 2.75) is 32.1 Å². The predicted octanol–water partition coefficient (Wildman–Crippen LogP) is 2.21. The van der Waals surface area contributed by atoms with Crippen LogP contribution in [0.25, 0.3) is 0 Å². The van der Waals surface area contributed by atoms with Crippen molar-refractivity contribution < 1.29 is 9.90 Å². The van der Waals surface area contributed by atoms with Gasteiger partial charge in [-0.3, -0.25) is 4.79 Å². The summed E-state index contributed by atoms with van der Waals surface area (Å²) in [6.45, 7) is 0. The summed E-state index contributed by atoms with van der Waals surface area (Å²) in [5, 5.41) is 9.17. The van der Waals surface area contributed by atoms with Gasteiger partial charge in [-0.2, -0.15) is 0 Å². The summed E-state index contributed by atoms with van der Waals surface area (Å²) in [4.78, 5) is 11.1. The largest absolute Gasteiger partial charge is 0.481 e. The van der Waals surface area contributed by atoms with Gasteiger partial charge >= 0.3 is 5.97 Å². The Morgan fingerprint density at radius 2 is 2.17 bits per heavy atom. The lowest BCUT2D eigenvalue weighted by atomic mass is 9.73. The molecule has 0 radical (unpaired) electrons. The molecular weight excluding hydrogens is 152 g/mol. The average molecular weight is 166 g/mol. The minimum atomic E-state index is -0.575. The maximum Gasteiger partial charge on any atom is 0.310 e. The minimum absolute atomic E-state index is 0.380. The molecule has 0 bridgehead atoms. The summed E-state index contributed by atoms with van der Waals surface area (Å²) in [5.41, 5.74) is -0.380. The molecular formula is C10H14O2. The first-order valence-electron chi connectivity index (χ1n) is 4.64. The molecule has 0 spiro atoms. The number of allylic oxidation sites excluding steroid dienone is 2. The van der Waals surface area contributed by atoms with E-state index in [9.17, 15) is 4.79 Å². The maximum atomic E-state index is 11.1. The van der Waals surface area contributed by atoms with E-state index < -0.39 is 5.97 Å². The smallest absolute Gasteiger partial charge is 0.310 e. The molecule has 1 N–H and O–H groups in total. The Balaban J connectivity index is 2.20. The lowest BCUT2D eigenvalue weighted by molar-refractivity contribution is -0.151. The van der Waals surface area contributed by atoms with Crippen LogP contribution in [-0.4, -0.2) is 11.1 Å². The van der Waals surface area contributed by atoms with Crippen LogP contribution in [0.5, 0.6) is 0 Å². The first kappa shape index (κ1) is 7.84. The van der Waals surface area contributed by atoms with Gasteiger partial charge in [0.2, 0.25) is 0 Å². The first-order valence-corrected chi connectivity index (χ1v) is 4.64. The quantitative estimate of drug-likeness (QED) is 0.638. The summed E-state index contributed by atoms with van der Waals surface area (Å²) in [6.07, 6.45) is 8.94. The van der Waals surface area contributed by atoms with Gasteiger partial charge in [0, 0.05) is 0 Å². The van der Waals surface area contributed by atoms with Crippen LogP contribution < -0.4 is 0 Å². The van der Waals surface area contributed by atoms with Crippen LogP contribution in [0.1, 0.15) is 32.1 Å². The molecule has 66 valence electrons. The third-order valence-corrected chi connectivity index (χ3v) is 3.19. The zero-order valence-corrected chi connectivity index (χ0v) is 7.12. The molecule has 0 aromatic carbocycles. The highest BCUT2D eigenvalue weighted by Crippen LogP contribution is 2.52. The normalized spacial score (nSPS) is 35.0. The van der Waals surface area contributed by atoms with Crippen LogP contribution in [0.3, 0.4) is 0 Å². The van der Waals surface area contributed by atoms with Gasteiger partial charge in [-0.1, -0.05) is 12.2 Å². The topological polar surface area (TPSA) is 37.3 Å². The highest BCUT2D eigenvalue weighted by Gasteiger charge is 2.50. The number of carboxylic acid groups (broad SMARTS) is 1. The van der Waals surface area contributed by atoms with E-state index in [0.717, 1.165) is 32.1 Å². The van der Waals surface area contributed by atoms with Gasteiger partial charge in [-0.25, -0.2) is 0 Å². The van der Waals surface area contributed by atoms with E-state index in [1.165, 1.54) is 0 Å². The third-order valence-electron chi connectivity index (χ3n) is 3.19. The fourth-order valence-corrected chi connectivity index (χ4v) is 2.23. The molecule has 1 unspecified atom stereocenters. The lowest BCUT2D eigenvalue weighted by Crippen LogP contribution is -2.34. The summed E-state index contributed by atoms with van der Waals surface area (Å²) in [7, 11) is 0. The fraction of sp³-hybridized carbons (Fsp3) is 0.700. The third kappa shape index (κ3) is 1.06. The number of hydrogen-bond donors (Lipinski definition) is 1. The van der Waals surface area contributed by atoms with E-state index in [1.807, 2.05) is 6.08 Å². The Labute approximate surface area is 72.3 Å². The molecule has 12 heavy (non-hydrogen) atoms. The van der Waals surface area contributed by atoms with Crippen LogP contribution in [-0.2, 0) is 4.79 Å². The molecule has 0 amide bonds. The first-order chi connectivity index (χ1) is 5.76. The van der Waals surface area contributed by atoms with Crippen molar-refractivity contribution in [3.8, 4) is 0 Å². The van der Waals surface area contributed by atoms with Crippen molar-refractivity contribution in [1.82, 2.24) is 0 Å². The number of rotatable bonds is 2. The number of carbonyl (C=O) groups is 1. The Morgan fingerprint density at radius 3 is 2.58 bits per heavy atom. The van der Waals surface area contributed by atoms with Crippen LogP contribution in [0.4, 0.5) is 0 Å². The van der Waals surface area contributed by atoms with E-state index in [1.54, 1.807) is 0 Å². The number of carboxylic acids is 1. The average Bonchev–Trinajstić information content (AvgIpc) is 2.88. The summed E-state index contributed by atoms with van der Waals surface area (Å²) < 4.78 is 0. The van der Waals surface area contributed by atoms with Crippen molar-refractivity contribution in [1.29, 1.82) is 0 Å². The zero-order valence-electron chi connectivity index (χ0n) is 7.12. The van der Waals surface area contributed by atoms with E-state index in [2.05, 4.69) is 6.08 Å². The minimum Gasteiger partial charge on any atom is -0.481 e. The summed E-state index contributed by atoms with van der Waals surface area (Å²) >= 11 is 0. The monoisotopic (exact) mass is 166 g/mol. The van der Waals surface area contributed by atoms with Crippen molar-refractivity contribution in [2.24, 2.45) is 11.3 Å². The van der Waals surface area contributed by atoms with Gasteiger partial charge in [0.25, 0.3) is 0 Å².